The number of rotatable bonds is 6. The van der Waals surface area contributed by atoms with Crippen molar-refractivity contribution in [2.24, 2.45) is 0 Å². The van der Waals surface area contributed by atoms with E-state index in [0.29, 0.717) is 5.56 Å². The molecule has 2 N–H and O–H groups in total. The molecule has 0 aliphatic heterocycles. The van der Waals surface area contributed by atoms with Crippen LogP contribution in [0.1, 0.15) is 45.2 Å². The van der Waals surface area contributed by atoms with Gasteiger partial charge in [-0.1, -0.05) is 30.3 Å². The van der Waals surface area contributed by atoms with Crippen LogP contribution in [0.4, 0.5) is 0 Å². The first-order valence-electron chi connectivity index (χ1n) is 10.2. The average Bonchev–Trinajstić information content (AvgIpc) is 3.32. The Morgan fingerprint density at radius 3 is 2.68 bits per heavy atom. The summed E-state index contributed by atoms with van der Waals surface area (Å²) < 4.78 is 5.34. The summed E-state index contributed by atoms with van der Waals surface area (Å²) in [5.41, 5.74) is 3.03. The number of carbonyl (C=O) groups is 2. The van der Waals surface area contributed by atoms with Crippen LogP contribution < -0.4 is 15.4 Å². The molecule has 1 aromatic heterocycles. The number of hydrogen-bond donors (Lipinski definition) is 2. The minimum Gasteiger partial charge on any atom is -0.497 e. The number of amides is 2. The predicted molar refractivity (Wildman–Crippen MR) is 123 cm³/mol. The molecule has 4 rings (SSSR count). The molecule has 6 heteroatoms. The number of methoxy groups -OCH3 is 1. The summed E-state index contributed by atoms with van der Waals surface area (Å²) in [4.78, 5) is 26.8. The summed E-state index contributed by atoms with van der Waals surface area (Å²) in [5.74, 6) is 0.206. The van der Waals surface area contributed by atoms with E-state index in [1.807, 2.05) is 41.8 Å². The van der Waals surface area contributed by atoms with Gasteiger partial charge in [0.2, 0.25) is 0 Å². The van der Waals surface area contributed by atoms with E-state index < -0.39 is 0 Å². The Morgan fingerprint density at radius 1 is 1.10 bits per heavy atom. The second-order valence-electron chi connectivity index (χ2n) is 7.38. The third kappa shape index (κ3) is 5.03. The van der Waals surface area contributed by atoms with Crippen molar-refractivity contribution in [3.63, 3.8) is 0 Å². The molecule has 0 radical (unpaired) electrons. The zero-order valence-electron chi connectivity index (χ0n) is 17.3. The number of nitrogens with one attached hydrogen (secondary N) is 2. The van der Waals surface area contributed by atoms with Crippen LogP contribution in [0.5, 0.6) is 5.75 Å². The van der Waals surface area contributed by atoms with E-state index in [0.717, 1.165) is 35.5 Å². The normalized spacial score (nSPS) is 15.6. The van der Waals surface area contributed by atoms with Gasteiger partial charge in [0, 0.05) is 10.4 Å². The van der Waals surface area contributed by atoms with Crippen LogP contribution in [-0.2, 0) is 11.2 Å². The lowest BCUT2D eigenvalue weighted by Gasteiger charge is -2.27. The second-order valence-corrected chi connectivity index (χ2v) is 8.36. The monoisotopic (exact) mass is 432 g/mol. The van der Waals surface area contributed by atoms with Gasteiger partial charge in [0.25, 0.3) is 11.8 Å². The van der Waals surface area contributed by atoms with Gasteiger partial charge in [0.15, 0.2) is 0 Å². The van der Waals surface area contributed by atoms with Crippen molar-refractivity contribution in [2.45, 2.75) is 25.3 Å². The van der Waals surface area contributed by atoms with Crippen molar-refractivity contribution in [1.29, 1.82) is 0 Å². The molecule has 1 atom stereocenters. The maximum Gasteiger partial charge on any atom is 0.268 e. The lowest BCUT2D eigenvalue weighted by atomic mass is 9.87. The molecule has 2 aromatic carbocycles. The van der Waals surface area contributed by atoms with Crippen LogP contribution >= 0.6 is 11.3 Å². The van der Waals surface area contributed by atoms with Crippen LogP contribution in [0.3, 0.4) is 0 Å². The number of benzene rings is 2. The van der Waals surface area contributed by atoms with Crippen LogP contribution in [0, 0.1) is 0 Å². The molecule has 0 spiro atoms. The SMILES string of the molecule is COc1ccc2c(c1)CCC[C@@H]2NC(=O)/C(=C/c1cccs1)NC(=O)c1ccccc1. The van der Waals surface area contributed by atoms with E-state index in [2.05, 4.69) is 10.6 Å². The molecule has 0 saturated heterocycles. The molecule has 1 aliphatic carbocycles. The molecule has 158 valence electrons. The lowest BCUT2D eigenvalue weighted by molar-refractivity contribution is -0.118. The molecule has 0 bridgehead atoms. The van der Waals surface area contributed by atoms with E-state index in [1.54, 1.807) is 37.5 Å². The highest BCUT2D eigenvalue weighted by atomic mass is 32.1. The summed E-state index contributed by atoms with van der Waals surface area (Å²) in [7, 11) is 1.65. The quantitative estimate of drug-likeness (QED) is 0.554. The molecule has 31 heavy (non-hydrogen) atoms. The van der Waals surface area contributed by atoms with E-state index in [4.69, 9.17) is 4.74 Å². The minimum atomic E-state index is -0.313. The molecule has 5 nitrogen and oxygen atoms in total. The Labute approximate surface area is 185 Å². The third-order valence-electron chi connectivity index (χ3n) is 5.33. The molecule has 2 amide bonds. The third-order valence-corrected chi connectivity index (χ3v) is 6.15. The van der Waals surface area contributed by atoms with Crippen LogP contribution in [0.15, 0.2) is 71.7 Å². The summed E-state index contributed by atoms with van der Waals surface area (Å²) in [6, 6.07) is 18.6. The highest BCUT2D eigenvalue weighted by Gasteiger charge is 2.24. The average molecular weight is 433 g/mol. The Morgan fingerprint density at radius 2 is 1.94 bits per heavy atom. The van der Waals surface area contributed by atoms with Crippen molar-refractivity contribution in [3.05, 3.63) is 93.3 Å². The first-order chi connectivity index (χ1) is 15.1. The fourth-order valence-electron chi connectivity index (χ4n) is 3.76. The van der Waals surface area contributed by atoms with Gasteiger partial charge in [0.1, 0.15) is 11.4 Å². The zero-order valence-corrected chi connectivity index (χ0v) is 18.1. The standard InChI is InChI=1S/C25H24N2O3S/c1-30-19-12-13-21-18(15-19)9-5-11-22(21)26-25(29)23(16-20-10-6-14-31-20)27-24(28)17-7-3-2-4-8-17/h2-4,6-8,10,12-16,22H,5,9,11H2,1H3,(H,26,29)(H,27,28)/b23-16-/t22-/m0/s1. The summed E-state index contributed by atoms with van der Waals surface area (Å²) >= 11 is 1.51. The number of fused-ring (bicyclic) bond motifs is 1. The van der Waals surface area contributed by atoms with E-state index in [1.165, 1.54) is 16.9 Å². The first-order valence-corrected chi connectivity index (χ1v) is 11.1. The topological polar surface area (TPSA) is 67.4 Å². The van der Waals surface area contributed by atoms with Gasteiger partial charge in [-0.2, -0.15) is 0 Å². The Kier molecular flexibility index (Phi) is 6.48. The largest absolute Gasteiger partial charge is 0.497 e. The number of carbonyl (C=O) groups excluding carboxylic acids is 2. The van der Waals surface area contributed by atoms with Gasteiger partial charge >= 0.3 is 0 Å². The molecule has 0 unspecified atom stereocenters. The van der Waals surface area contributed by atoms with Crippen molar-refractivity contribution in [3.8, 4) is 5.75 Å². The molecule has 3 aromatic rings. The van der Waals surface area contributed by atoms with Gasteiger partial charge in [-0.25, -0.2) is 0 Å². The van der Waals surface area contributed by atoms with Crippen molar-refractivity contribution >= 4 is 29.2 Å². The van der Waals surface area contributed by atoms with Crippen LogP contribution in [-0.4, -0.2) is 18.9 Å². The minimum absolute atomic E-state index is 0.109. The van der Waals surface area contributed by atoms with E-state index in [9.17, 15) is 9.59 Å². The fourth-order valence-corrected chi connectivity index (χ4v) is 4.42. The highest BCUT2D eigenvalue weighted by molar-refractivity contribution is 7.10. The summed E-state index contributed by atoms with van der Waals surface area (Å²) in [6.45, 7) is 0. The number of ether oxygens (including phenoxy) is 1. The van der Waals surface area contributed by atoms with Gasteiger partial charge in [-0.3, -0.25) is 9.59 Å². The molecule has 1 aliphatic rings. The van der Waals surface area contributed by atoms with Gasteiger partial charge in [-0.15, -0.1) is 11.3 Å². The van der Waals surface area contributed by atoms with Crippen molar-refractivity contribution in [1.82, 2.24) is 10.6 Å². The number of thiophene rings is 1. The molecule has 1 heterocycles. The van der Waals surface area contributed by atoms with Crippen LogP contribution in [0.2, 0.25) is 0 Å². The smallest absolute Gasteiger partial charge is 0.268 e. The highest BCUT2D eigenvalue weighted by Crippen LogP contribution is 2.32. The van der Waals surface area contributed by atoms with E-state index >= 15 is 0 Å². The molecular weight excluding hydrogens is 408 g/mol. The van der Waals surface area contributed by atoms with Gasteiger partial charge in [-0.05, 0) is 72.2 Å². The molecular formula is C25H24N2O3S. The Bertz CT molecular complexity index is 1090. The lowest BCUT2D eigenvalue weighted by Crippen LogP contribution is -2.37. The first kappa shape index (κ1) is 20.9. The predicted octanol–water partition coefficient (Wildman–Crippen LogP) is 4.72. The summed E-state index contributed by atoms with van der Waals surface area (Å²) in [6.07, 6.45) is 4.51. The van der Waals surface area contributed by atoms with Gasteiger partial charge < -0.3 is 15.4 Å². The van der Waals surface area contributed by atoms with Crippen LogP contribution in [0.25, 0.3) is 6.08 Å². The number of hydrogen-bond acceptors (Lipinski definition) is 4. The molecule has 0 fully saturated rings. The number of aryl methyl sites for hydroxylation is 1. The summed E-state index contributed by atoms with van der Waals surface area (Å²) in [5, 5.41) is 7.86. The Balaban J connectivity index is 1.56. The molecule has 0 saturated carbocycles. The second kappa shape index (κ2) is 9.62. The van der Waals surface area contributed by atoms with Crippen molar-refractivity contribution in [2.75, 3.05) is 7.11 Å². The van der Waals surface area contributed by atoms with Gasteiger partial charge in [0.05, 0.1) is 13.2 Å². The van der Waals surface area contributed by atoms with Crippen molar-refractivity contribution < 1.29 is 14.3 Å². The fraction of sp³-hybridized carbons (Fsp3) is 0.200. The van der Waals surface area contributed by atoms with E-state index in [-0.39, 0.29) is 23.6 Å². The maximum atomic E-state index is 13.2. The maximum absolute atomic E-state index is 13.2. The zero-order chi connectivity index (χ0) is 21.6. The Hall–Kier alpha value is -3.38.